The number of hydrogen-bond donors (Lipinski definition) is 3. The number of esters is 1. The molecule has 4 aliphatic heterocycles. The summed E-state index contributed by atoms with van der Waals surface area (Å²) in [4.78, 5) is 80.0. The smallest absolute Gasteiger partial charge is 0.324 e. The average Bonchev–Trinajstić information content (AvgIpc) is 3.96. The summed E-state index contributed by atoms with van der Waals surface area (Å²) in [5.74, 6) is -2.27. The number of aliphatic hydroxyl groups excluding tert-OH is 1. The highest BCUT2D eigenvalue weighted by Gasteiger charge is 2.40. The third-order valence-electron chi connectivity index (χ3n) is 14.9. The largest absolute Gasteiger partial charge is 0.464 e. The van der Waals surface area contributed by atoms with Gasteiger partial charge in [0, 0.05) is 86.7 Å². The number of fused-ring (bicyclic) bond motifs is 6. The summed E-state index contributed by atoms with van der Waals surface area (Å²) < 4.78 is 8.51. The van der Waals surface area contributed by atoms with Crippen molar-refractivity contribution in [2.24, 2.45) is 17.3 Å². The van der Waals surface area contributed by atoms with Gasteiger partial charge in [-0.2, -0.15) is 0 Å². The molecule has 4 amide bonds. The van der Waals surface area contributed by atoms with E-state index >= 15 is 0 Å². The Morgan fingerprint density at radius 2 is 1.80 bits per heavy atom. The van der Waals surface area contributed by atoms with Gasteiger partial charge in [0.2, 0.25) is 17.7 Å². The molecule has 5 atom stereocenters. The van der Waals surface area contributed by atoms with Crippen molar-refractivity contribution in [1.29, 1.82) is 0 Å². The van der Waals surface area contributed by atoms with Gasteiger partial charge < -0.3 is 34.4 Å². The van der Waals surface area contributed by atoms with E-state index in [-0.39, 0.29) is 37.3 Å². The van der Waals surface area contributed by atoms with E-state index in [9.17, 15) is 29.1 Å². The number of hydrazine groups is 1. The van der Waals surface area contributed by atoms with Crippen molar-refractivity contribution in [2.75, 3.05) is 53.4 Å². The average molecular weight is 957 g/mol. The number of aromatic nitrogens is 2. The van der Waals surface area contributed by atoms with E-state index in [1.807, 2.05) is 39.1 Å². The first kappa shape index (κ1) is 50.5. The molecule has 2 aromatic carbocycles. The van der Waals surface area contributed by atoms with Crippen molar-refractivity contribution in [2.45, 2.75) is 117 Å². The van der Waals surface area contributed by atoms with Gasteiger partial charge >= 0.3 is 5.97 Å². The number of hydrogen-bond acceptors (Lipinski definition) is 10. The van der Waals surface area contributed by atoms with E-state index in [4.69, 9.17) is 9.72 Å². The van der Waals surface area contributed by atoms with Crippen LogP contribution in [0.2, 0.25) is 0 Å². The van der Waals surface area contributed by atoms with Gasteiger partial charge in [0.15, 0.2) is 0 Å². The first-order valence-corrected chi connectivity index (χ1v) is 25.3. The first-order valence-electron chi connectivity index (χ1n) is 25.3. The molecular formula is C55H72N8O7. The number of carbonyl (C=O) groups is 5. The second-order valence-corrected chi connectivity index (χ2v) is 21.2. The third kappa shape index (κ3) is 10.3. The molecule has 3 saturated heterocycles. The SMILES string of the molecule is C=CC(=O)N1CC[C@H](C(=O)N(C)[C@H](C(=O)N[C@H]2Cc3cccc(c3)-c3ccc4c(c3)c(c(-c3cc(C5CN(C)C5)cnc3[C@H](O)CC)n4CC)CC(C)(C)COC(=O)[C@@H]3CCCN(N3)C2=O)C(C)C)C1. The molecule has 6 bridgehead atoms. The van der Waals surface area contributed by atoms with Gasteiger partial charge in [-0.05, 0) is 104 Å². The summed E-state index contributed by atoms with van der Waals surface area (Å²) >= 11 is 0. The predicted molar refractivity (Wildman–Crippen MR) is 270 cm³/mol. The first-order chi connectivity index (χ1) is 33.4. The van der Waals surface area contributed by atoms with Crippen LogP contribution in [0, 0.1) is 17.3 Å². The van der Waals surface area contributed by atoms with Gasteiger partial charge in [-0.3, -0.25) is 34.0 Å². The van der Waals surface area contributed by atoms with Crippen molar-refractivity contribution in [3.8, 4) is 22.4 Å². The molecule has 6 heterocycles. The molecule has 4 aliphatic rings. The van der Waals surface area contributed by atoms with Crippen LogP contribution in [-0.4, -0.2) is 136 Å². The molecule has 8 rings (SSSR count). The number of pyridine rings is 1. The number of benzene rings is 2. The van der Waals surface area contributed by atoms with Crippen LogP contribution in [-0.2, 0) is 48.1 Å². The van der Waals surface area contributed by atoms with Crippen LogP contribution in [0.4, 0.5) is 0 Å². The fourth-order valence-electron chi connectivity index (χ4n) is 11.1. The second kappa shape index (κ2) is 20.8. The monoisotopic (exact) mass is 957 g/mol. The summed E-state index contributed by atoms with van der Waals surface area (Å²) in [6.45, 7) is 19.3. The van der Waals surface area contributed by atoms with Crippen LogP contribution in [0.1, 0.15) is 102 Å². The number of rotatable bonds is 11. The number of aryl methyl sites for hydroxylation is 1. The number of nitrogens with zero attached hydrogens (tertiary/aromatic N) is 6. The molecule has 0 unspecified atom stereocenters. The molecule has 3 N–H and O–H groups in total. The van der Waals surface area contributed by atoms with Crippen molar-refractivity contribution >= 4 is 40.5 Å². The summed E-state index contributed by atoms with van der Waals surface area (Å²) in [7, 11) is 3.73. The minimum atomic E-state index is -1.06. The Morgan fingerprint density at radius 1 is 1.04 bits per heavy atom. The number of nitrogens with one attached hydrogen (secondary N) is 2. The van der Waals surface area contributed by atoms with Crippen LogP contribution in [0.5, 0.6) is 0 Å². The number of amides is 4. The topological polar surface area (TPSA) is 170 Å². The summed E-state index contributed by atoms with van der Waals surface area (Å²) in [5, 5.41) is 17.1. The zero-order valence-electron chi connectivity index (χ0n) is 42.3. The minimum Gasteiger partial charge on any atom is -0.464 e. The predicted octanol–water partition coefficient (Wildman–Crippen LogP) is 6.03. The summed E-state index contributed by atoms with van der Waals surface area (Å²) in [6.07, 6.45) is 5.07. The molecule has 0 radical (unpaired) electrons. The maximum absolute atomic E-state index is 14.8. The van der Waals surface area contributed by atoms with E-state index < -0.39 is 53.3 Å². The number of carbonyl (C=O) groups excluding carboxylic acids is 5. The highest BCUT2D eigenvalue weighted by Crippen LogP contribution is 2.43. The quantitative estimate of drug-likeness (QED) is 0.119. The molecule has 0 aliphatic carbocycles. The van der Waals surface area contributed by atoms with E-state index in [2.05, 4.69) is 91.0 Å². The Labute approximate surface area is 412 Å². The molecule has 0 saturated carbocycles. The number of cyclic esters (lactones) is 1. The fourth-order valence-corrected chi connectivity index (χ4v) is 11.1. The molecule has 4 aromatic rings. The lowest BCUT2D eigenvalue weighted by Gasteiger charge is -2.37. The zero-order chi connectivity index (χ0) is 50.2. The molecule has 15 nitrogen and oxygen atoms in total. The van der Waals surface area contributed by atoms with Gasteiger partial charge in [-0.1, -0.05) is 71.5 Å². The molecule has 70 heavy (non-hydrogen) atoms. The molecule has 374 valence electrons. The van der Waals surface area contributed by atoms with Crippen molar-refractivity contribution in [3.63, 3.8) is 0 Å². The van der Waals surface area contributed by atoms with Gasteiger partial charge in [0.05, 0.1) is 30.0 Å². The highest BCUT2D eigenvalue weighted by atomic mass is 16.5. The maximum Gasteiger partial charge on any atom is 0.324 e. The molecule has 3 fully saturated rings. The zero-order valence-corrected chi connectivity index (χ0v) is 42.3. The molecule has 0 spiro atoms. The van der Waals surface area contributed by atoms with E-state index in [1.54, 1.807) is 11.9 Å². The van der Waals surface area contributed by atoms with Crippen LogP contribution in [0.3, 0.4) is 0 Å². The van der Waals surface area contributed by atoms with E-state index in [0.717, 1.165) is 63.1 Å². The Hall–Kier alpha value is -5.90. The lowest BCUT2D eigenvalue weighted by molar-refractivity contribution is -0.155. The number of likely N-dealkylation sites (tertiary alicyclic amines) is 2. The van der Waals surface area contributed by atoms with E-state index in [0.29, 0.717) is 63.4 Å². The summed E-state index contributed by atoms with van der Waals surface area (Å²) in [5.41, 5.74) is 11.2. The highest BCUT2D eigenvalue weighted by molar-refractivity contribution is 5.96. The Morgan fingerprint density at radius 3 is 2.50 bits per heavy atom. The molecule has 15 heteroatoms. The van der Waals surface area contributed by atoms with E-state index in [1.165, 1.54) is 16.0 Å². The Kier molecular flexibility index (Phi) is 15.0. The number of aliphatic hydroxyl groups is 1. The van der Waals surface area contributed by atoms with Gasteiger partial charge in [0.1, 0.15) is 18.1 Å². The normalized spacial score (nSPS) is 22.0. The minimum absolute atomic E-state index is 0.111. The summed E-state index contributed by atoms with van der Waals surface area (Å²) in [6, 6.07) is 14.0. The van der Waals surface area contributed by atoms with Crippen LogP contribution in [0.15, 0.2) is 67.4 Å². The molecule has 2 aromatic heterocycles. The molecular weight excluding hydrogens is 885 g/mol. The van der Waals surface area contributed by atoms with Gasteiger partial charge in [0.25, 0.3) is 5.91 Å². The maximum atomic E-state index is 14.8. The van der Waals surface area contributed by atoms with Gasteiger partial charge in [-0.25, -0.2) is 5.43 Å². The van der Waals surface area contributed by atoms with Crippen molar-refractivity contribution in [1.82, 2.24) is 40.0 Å². The van der Waals surface area contributed by atoms with Crippen LogP contribution >= 0.6 is 0 Å². The number of ether oxygens (including phenoxy) is 1. The third-order valence-corrected chi connectivity index (χ3v) is 14.9. The fraction of sp³-hybridized carbons (Fsp3) is 0.527. The van der Waals surface area contributed by atoms with Crippen LogP contribution < -0.4 is 10.7 Å². The van der Waals surface area contributed by atoms with Crippen molar-refractivity contribution < 1.29 is 33.8 Å². The lowest BCUT2D eigenvalue weighted by Crippen LogP contribution is -2.62. The second-order valence-electron chi connectivity index (χ2n) is 21.2. The standard InChI is InChI=1S/C55H72N8O7/c1-10-46(64)48-41(26-38(28-56-48)39-29-59(8)30-39)50-42-27-55(6,7)32-70-54(69)43-17-14-21-63(58-43)53(68)44(24-34-15-13-16-35(23-34)36-18-19-45(40(42)25-36)62(50)12-3)57-51(66)49(33(4)5)60(9)52(67)37-20-22-61(31-37)47(65)11-2/h11,13,15-16,18-19,23,25-26,28,33,37,39,43-44,46,49,58,64H,2,10,12,14,17,20-22,24,27,29-32H2,1,3-9H3,(H,57,66)/t37-,43-,44-,46+,49-/m0/s1. The lowest BCUT2D eigenvalue weighted by atomic mass is 9.83. The van der Waals surface area contributed by atoms with Gasteiger partial charge in [-0.15, -0.1) is 0 Å². The Balaban J connectivity index is 1.20. The number of likely N-dealkylation sites (N-methyl/N-ethyl adjacent to an activating group) is 2. The van der Waals surface area contributed by atoms with Crippen LogP contribution in [0.25, 0.3) is 33.3 Å². The Bertz CT molecular complexity index is 2650. The van der Waals surface area contributed by atoms with Crippen molar-refractivity contribution in [3.05, 3.63) is 89.8 Å².